The predicted octanol–water partition coefficient (Wildman–Crippen LogP) is 4.08. The Morgan fingerprint density at radius 1 is 1.25 bits per heavy atom. The first-order valence-corrected chi connectivity index (χ1v) is 6.82. The Morgan fingerprint density at radius 3 is 2.69 bits per heavy atom. The van der Waals surface area contributed by atoms with Crippen molar-refractivity contribution in [2.24, 2.45) is 11.8 Å². The highest BCUT2D eigenvalue weighted by atomic mass is 79.9. The fourth-order valence-corrected chi connectivity index (χ4v) is 2.61. The summed E-state index contributed by atoms with van der Waals surface area (Å²) in [4.78, 5) is 4.23. The highest BCUT2D eigenvalue weighted by Crippen LogP contribution is 2.30. The van der Waals surface area contributed by atoms with E-state index in [9.17, 15) is 0 Å². The van der Waals surface area contributed by atoms with Gasteiger partial charge < -0.3 is 5.32 Å². The van der Waals surface area contributed by atoms with Crippen LogP contribution in [0.25, 0.3) is 0 Å². The van der Waals surface area contributed by atoms with Gasteiger partial charge in [-0.2, -0.15) is 0 Å². The van der Waals surface area contributed by atoms with Crippen LogP contribution in [0.3, 0.4) is 0 Å². The molecular formula is C13H19BrN2. The minimum Gasteiger partial charge on any atom is -0.381 e. The molecule has 2 rings (SSSR count). The predicted molar refractivity (Wildman–Crippen MR) is 71.5 cm³/mol. The second kappa shape index (κ2) is 5.17. The number of aromatic nitrogens is 1. The monoisotopic (exact) mass is 282 g/mol. The van der Waals surface area contributed by atoms with Crippen molar-refractivity contribution in [1.82, 2.24) is 4.98 Å². The minimum absolute atomic E-state index is 0.620. The van der Waals surface area contributed by atoms with Crippen LogP contribution in [-0.4, -0.2) is 11.0 Å². The molecule has 1 aromatic rings. The SMILES string of the molecule is CC1CCC(Nc2ccc(Br)nc2)CC1C. The van der Waals surface area contributed by atoms with Crippen molar-refractivity contribution in [2.75, 3.05) is 5.32 Å². The van der Waals surface area contributed by atoms with Gasteiger partial charge in [0.2, 0.25) is 0 Å². The number of anilines is 1. The van der Waals surface area contributed by atoms with E-state index in [1.54, 1.807) is 0 Å². The smallest absolute Gasteiger partial charge is 0.106 e. The molecule has 1 aliphatic carbocycles. The van der Waals surface area contributed by atoms with Crippen LogP contribution >= 0.6 is 15.9 Å². The molecule has 0 spiro atoms. The van der Waals surface area contributed by atoms with Crippen LogP contribution in [0, 0.1) is 11.8 Å². The zero-order valence-electron chi connectivity index (χ0n) is 9.91. The molecule has 3 heteroatoms. The number of nitrogens with one attached hydrogen (secondary N) is 1. The fraction of sp³-hybridized carbons (Fsp3) is 0.615. The number of rotatable bonds is 2. The molecule has 0 saturated heterocycles. The summed E-state index contributed by atoms with van der Waals surface area (Å²) < 4.78 is 0.892. The summed E-state index contributed by atoms with van der Waals surface area (Å²) in [6, 6.07) is 4.69. The Morgan fingerprint density at radius 2 is 2.06 bits per heavy atom. The quantitative estimate of drug-likeness (QED) is 0.827. The Labute approximate surface area is 106 Å². The Hall–Kier alpha value is -0.570. The lowest BCUT2D eigenvalue weighted by Crippen LogP contribution is -2.30. The Kier molecular flexibility index (Phi) is 3.85. The lowest BCUT2D eigenvalue weighted by atomic mass is 9.79. The van der Waals surface area contributed by atoms with Crippen molar-refractivity contribution in [3.8, 4) is 0 Å². The molecule has 3 unspecified atom stereocenters. The maximum absolute atomic E-state index is 4.23. The van der Waals surface area contributed by atoms with Crippen molar-refractivity contribution in [2.45, 2.75) is 39.2 Å². The van der Waals surface area contributed by atoms with Gasteiger partial charge in [-0.1, -0.05) is 13.8 Å². The maximum atomic E-state index is 4.23. The third-order valence-electron chi connectivity index (χ3n) is 3.70. The Balaban J connectivity index is 1.93. The van der Waals surface area contributed by atoms with Crippen LogP contribution in [-0.2, 0) is 0 Å². The third-order valence-corrected chi connectivity index (χ3v) is 4.17. The van der Waals surface area contributed by atoms with Crippen LogP contribution in [0.15, 0.2) is 22.9 Å². The summed E-state index contributed by atoms with van der Waals surface area (Å²) in [6.45, 7) is 4.72. The van der Waals surface area contributed by atoms with Crippen molar-refractivity contribution in [3.63, 3.8) is 0 Å². The van der Waals surface area contributed by atoms with E-state index < -0.39 is 0 Å². The molecule has 0 aromatic carbocycles. The van der Waals surface area contributed by atoms with Gasteiger partial charge in [0.15, 0.2) is 0 Å². The van der Waals surface area contributed by atoms with Gasteiger partial charge in [-0.3, -0.25) is 0 Å². The number of pyridine rings is 1. The zero-order chi connectivity index (χ0) is 11.5. The highest BCUT2D eigenvalue weighted by Gasteiger charge is 2.24. The first-order chi connectivity index (χ1) is 7.65. The van der Waals surface area contributed by atoms with Gasteiger partial charge in [-0.05, 0) is 59.2 Å². The molecular weight excluding hydrogens is 264 g/mol. The maximum Gasteiger partial charge on any atom is 0.106 e. The molecule has 1 fully saturated rings. The summed E-state index contributed by atoms with van der Waals surface area (Å²) in [5.41, 5.74) is 1.13. The summed E-state index contributed by atoms with van der Waals surface area (Å²) in [5, 5.41) is 3.58. The van der Waals surface area contributed by atoms with Crippen molar-refractivity contribution in [1.29, 1.82) is 0 Å². The third kappa shape index (κ3) is 2.97. The first-order valence-electron chi connectivity index (χ1n) is 6.03. The highest BCUT2D eigenvalue weighted by molar-refractivity contribution is 9.10. The summed E-state index contributed by atoms with van der Waals surface area (Å²) in [7, 11) is 0. The molecule has 1 aromatic heterocycles. The molecule has 3 atom stereocenters. The largest absolute Gasteiger partial charge is 0.381 e. The van der Waals surface area contributed by atoms with E-state index in [0.29, 0.717) is 6.04 Å². The molecule has 1 heterocycles. The van der Waals surface area contributed by atoms with Gasteiger partial charge in [0, 0.05) is 6.04 Å². The second-order valence-electron chi connectivity index (χ2n) is 4.98. The van der Waals surface area contributed by atoms with Gasteiger partial charge in [-0.25, -0.2) is 4.98 Å². The van der Waals surface area contributed by atoms with Gasteiger partial charge in [0.05, 0.1) is 11.9 Å². The molecule has 0 radical (unpaired) electrons. The molecule has 0 amide bonds. The fourth-order valence-electron chi connectivity index (χ4n) is 2.38. The molecule has 1 aliphatic rings. The summed E-state index contributed by atoms with van der Waals surface area (Å²) in [5.74, 6) is 1.70. The number of nitrogens with zero attached hydrogens (tertiary/aromatic N) is 1. The average Bonchev–Trinajstić information content (AvgIpc) is 2.27. The van der Waals surface area contributed by atoms with E-state index in [1.165, 1.54) is 19.3 Å². The van der Waals surface area contributed by atoms with Crippen molar-refractivity contribution < 1.29 is 0 Å². The molecule has 1 saturated carbocycles. The summed E-state index contributed by atoms with van der Waals surface area (Å²) in [6.07, 6.45) is 5.79. The number of hydrogen-bond donors (Lipinski definition) is 1. The molecule has 88 valence electrons. The normalized spacial score (nSPS) is 30.1. The molecule has 2 nitrogen and oxygen atoms in total. The van der Waals surface area contributed by atoms with Gasteiger partial charge >= 0.3 is 0 Å². The van der Waals surface area contributed by atoms with Crippen LogP contribution in [0.2, 0.25) is 0 Å². The van der Waals surface area contributed by atoms with E-state index >= 15 is 0 Å². The van der Waals surface area contributed by atoms with Crippen molar-refractivity contribution >= 4 is 21.6 Å². The van der Waals surface area contributed by atoms with E-state index in [1.807, 2.05) is 12.3 Å². The topological polar surface area (TPSA) is 24.9 Å². The first kappa shape index (κ1) is 11.9. The van der Waals surface area contributed by atoms with E-state index in [0.717, 1.165) is 22.1 Å². The van der Waals surface area contributed by atoms with E-state index in [-0.39, 0.29) is 0 Å². The molecule has 0 aliphatic heterocycles. The second-order valence-corrected chi connectivity index (χ2v) is 5.79. The van der Waals surface area contributed by atoms with E-state index in [4.69, 9.17) is 0 Å². The standard InChI is InChI=1S/C13H19BrN2/c1-9-3-4-11(7-10(9)2)16-12-5-6-13(14)15-8-12/h5-6,8-11,16H,3-4,7H2,1-2H3. The van der Waals surface area contributed by atoms with Crippen LogP contribution in [0.5, 0.6) is 0 Å². The minimum atomic E-state index is 0.620. The van der Waals surface area contributed by atoms with Gasteiger partial charge in [0.25, 0.3) is 0 Å². The van der Waals surface area contributed by atoms with Gasteiger partial charge in [-0.15, -0.1) is 0 Å². The molecule has 0 bridgehead atoms. The lowest BCUT2D eigenvalue weighted by Gasteiger charge is -2.33. The molecule has 1 N–H and O–H groups in total. The summed E-state index contributed by atoms with van der Waals surface area (Å²) >= 11 is 3.35. The average molecular weight is 283 g/mol. The Bertz CT molecular complexity index is 336. The number of halogens is 1. The van der Waals surface area contributed by atoms with E-state index in [2.05, 4.69) is 46.1 Å². The number of hydrogen-bond acceptors (Lipinski definition) is 2. The lowest BCUT2D eigenvalue weighted by molar-refractivity contribution is 0.261. The zero-order valence-corrected chi connectivity index (χ0v) is 11.5. The van der Waals surface area contributed by atoms with Crippen LogP contribution < -0.4 is 5.32 Å². The van der Waals surface area contributed by atoms with Crippen LogP contribution in [0.1, 0.15) is 33.1 Å². The van der Waals surface area contributed by atoms with Crippen LogP contribution in [0.4, 0.5) is 5.69 Å². The van der Waals surface area contributed by atoms with Gasteiger partial charge in [0.1, 0.15) is 4.60 Å². The van der Waals surface area contributed by atoms with Crippen molar-refractivity contribution in [3.05, 3.63) is 22.9 Å². The molecule has 16 heavy (non-hydrogen) atoms.